The van der Waals surface area contributed by atoms with Gasteiger partial charge in [0.25, 0.3) is 0 Å². The van der Waals surface area contributed by atoms with E-state index in [1.54, 1.807) is 6.92 Å². The Hall–Kier alpha value is -1.66. The number of carbonyl (C=O) groups is 1. The van der Waals surface area contributed by atoms with E-state index in [1.165, 1.54) is 13.2 Å². The van der Waals surface area contributed by atoms with Gasteiger partial charge in [-0.05, 0) is 24.6 Å². The van der Waals surface area contributed by atoms with E-state index in [0.29, 0.717) is 0 Å². The molecule has 2 atom stereocenters. The summed E-state index contributed by atoms with van der Waals surface area (Å²) in [6, 6.07) is 3.46. The summed E-state index contributed by atoms with van der Waals surface area (Å²) in [7, 11) is 1.34. The number of hydrogen-bond acceptors (Lipinski definition) is 5. The number of ether oxygens (including phenoxy) is 2. The molecule has 0 fully saturated rings. The SMILES string of the molecule is CCOC(=O)C(O)C(O)c1cc(F)cc(OC)c1. The van der Waals surface area contributed by atoms with E-state index in [4.69, 9.17) is 4.74 Å². The lowest BCUT2D eigenvalue weighted by molar-refractivity contribution is -0.159. The number of methoxy groups -OCH3 is 1. The minimum absolute atomic E-state index is 0.0346. The lowest BCUT2D eigenvalue weighted by Gasteiger charge is -2.17. The maximum absolute atomic E-state index is 13.2. The second-order valence-corrected chi connectivity index (χ2v) is 3.57. The van der Waals surface area contributed by atoms with Gasteiger partial charge in [-0.2, -0.15) is 0 Å². The fourth-order valence-corrected chi connectivity index (χ4v) is 1.41. The first kappa shape index (κ1) is 14.4. The van der Waals surface area contributed by atoms with Crippen LogP contribution in [0.25, 0.3) is 0 Å². The van der Waals surface area contributed by atoms with Crippen LogP contribution in [-0.2, 0) is 9.53 Å². The molecule has 0 saturated heterocycles. The van der Waals surface area contributed by atoms with Crippen molar-refractivity contribution in [3.05, 3.63) is 29.6 Å². The van der Waals surface area contributed by atoms with E-state index in [1.807, 2.05) is 0 Å². The van der Waals surface area contributed by atoms with Crippen LogP contribution in [0.1, 0.15) is 18.6 Å². The van der Waals surface area contributed by atoms with Gasteiger partial charge in [0.05, 0.1) is 13.7 Å². The van der Waals surface area contributed by atoms with Crippen LogP contribution in [0.15, 0.2) is 18.2 Å². The number of hydrogen-bond donors (Lipinski definition) is 2. The van der Waals surface area contributed by atoms with Gasteiger partial charge in [-0.15, -0.1) is 0 Å². The van der Waals surface area contributed by atoms with E-state index in [2.05, 4.69) is 4.74 Å². The summed E-state index contributed by atoms with van der Waals surface area (Å²) in [5.74, 6) is -1.42. The second kappa shape index (κ2) is 6.32. The molecule has 0 spiro atoms. The van der Waals surface area contributed by atoms with E-state index in [9.17, 15) is 19.4 Å². The molecule has 2 unspecified atom stereocenters. The van der Waals surface area contributed by atoms with Gasteiger partial charge >= 0.3 is 5.97 Å². The summed E-state index contributed by atoms with van der Waals surface area (Å²) in [5, 5.41) is 19.3. The Balaban J connectivity index is 2.92. The molecule has 0 amide bonds. The molecule has 1 aromatic carbocycles. The van der Waals surface area contributed by atoms with Gasteiger partial charge in [0.2, 0.25) is 0 Å². The summed E-state index contributed by atoms with van der Waals surface area (Å²) in [6.07, 6.45) is -3.34. The second-order valence-electron chi connectivity index (χ2n) is 3.57. The highest BCUT2D eigenvalue weighted by atomic mass is 19.1. The third kappa shape index (κ3) is 3.41. The van der Waals surface area contributed by atoms with Crippen LogP contribution in [0.2, 0.25) is 0 Å². The van der Waals surface area contributed by atoms with Crippen molar-refractivity contribution in [3.63, 3.8) is 0 Å². The number of rotatable bonds is 5. The molecule has 1 rings (SSSR count). The monoisotopic (exact) mass is 258 g/mol. The first-order valence-electron chi connectivity index (χ1n) is 5.36. The van der Waals surface area contributed by atoms with Crippen LogP contribution in [0.5, 0.6) is 5.75 Å². The number of aliphatic hydroxyl groups is 2. The molecule has 2 N–H and O–H groups in total. The zero-order valence-corrected chi connectivity index (χ0v) is 10.1. The fraction of sp³-hybridized carbons (Fsp3) is 0.417. The number of esters is 1. The number of halogens is 1. The Bertz CT molecular complexity index is 421. The van der Waals surface area contributed by atoms with Crippen molar-refractivity contribution >= 4 is 5.97 Å². The standard InChI is InChI=1S/C12H15FO5/c1-3-18-12(16)11(15)10(14)7-4-8(13)6-9(5-7)17-2/h4-6,10-11,14-15H,3H2,1-2H3. The van der Waals surface area contributed by atoms with Gasteiger partial charge in [0, 0.05) is 6.07 Å². The summed E-state index contributed by atoms with van der Waals surface area (Å²) in [6.45, 7) is 1.65. The lowest BCUT2D eigenvalue weighted by atomic mass is 10.0. The van der Waals surface area contributed by atoms with Crippen molar-refractivity contribution in [2.75, 3.05) is 13.7 Å². The Morgan fingerprint density at radius 1 is 1.39 bits per heavy atom. The highest BCUT2D eigenvalue weighted by molar-refractivity contribution is 5.75. The summed E-state index contributed by atoms with van der Waals surface area (Å²) in [4.78, 5) is 11.2. The van der Waals surface area contributed by atoms with E-state index >= 15 is 0 Å². The minimum Gasteiger partial charge on any atom is -0.497 e. The van der Waals surface area contributed by atoms with Crippen LogP contribution in [0.4, 0.5) is 4.39 Å². The normalized spacial score (nSPS) is 13.8. The maximum atomic E-state index is 13.2. The van der Waals surface area contributed by atoms with Crippen LogP contribution < -0.4 is 4.74 Å². The molecule has 5 nitrogen and oxygen atoms in total. The Morgan fingerprint density at radius 3 is 2.61 bits per heavy atom. The average Bonchev–Trinajstić information content (AvgIpc) is 2.36. The molecule has 100 valence electrons. The molecular formula is C12H15FO5. The van der Waals surface area contributed by atoms with Crippen LogP contribution in [-0.4, -0.2) is 36.0 Å². The molecule has 6 heteroatoms. The minimum atomic E-state index is -1.77. The van der Waals surface area contributed by atoms with Crippen molar-refractivity contribution in [3.8, 4) is 5.75 Å². The first-order chi connectivity index (χ1) is 8.49. The summed E-state index contributed by atoms with van der Waals surface area (Å²) < 4.78 is 22.6. The zero-order chi connectivity index (χ0) is 13.7. The largest absolute Gasteiger partial charge is 0.497 e. The summed E-state index contributed by atoms with van der Waals surface area (Å²) >= 11 is 0. The predicted molar refractivity (Wildman–Crippen MR) is 60.6 cm³/mol. The van der Waals surface area contributed by atoms with Crippen molar-refractivity contribution < 1.29 is 28.9 Å². The molecule has 0 aromatic heterocycles. The van der Waals surface area contributed by atoms with Crippen molar-refractivity contribution in [1.82, 2.24) is 0 Å². The molecule has 0 saturated carbocycles. The van der Waals surface area contributed by atoms with Crippen molar-refractivity contribution in [2.24, 2.45) is 0 Å². The van der Waals surface area contributed by atoms with Crippen LogP contribution in [0, 0.1) is 5.82 Å². The smallest absolute Gasteiger partial charge is 0.338 e. The van der Waals surface area contributed by atoms with Crippen LogP contribution >= 0.6 is 0 Å². The highest BCUT2D eigenvalue weighted by Crippen LogP contribution is 2.24. The van der Waals surface area contributed by atoms with E-state index < -0.39 is 24.0 Å². The van der Waals surface area contributed by atoms with Gasteiger partial charge in [-0.25, -0.2) is 9.18 Å². The Kier molecular flexibility index (Phi) is 5.06. The molecule has 0 radical (unpaired) electrons. The zero-order valence-electron chi connectivity index (χ0n) is 10.1. The molecule has 0 aliphatic heterocycles. The van der Waals surface area contributed by atoms with Gasteiger partial charge in [-0.1, -0.05) is 0 Å². The molecular weight excluding hydrogens is 243 g/mol. The summed E-state index contributed by atoms with van der Waals surface area (Å²) in [5.41, 5.74) is 0.0346. The molecule has 0 heterocycles. The number of carbonyl (C=O) groups excluding carboxylic acids is 1. The van der Waals surface area contributed by atoms with Crippen molar-refractivity contribution in [1.29, 1.82) is 0 Å². The lowest BCUT2D eigenvalue weighted by Crippen LogP contribution is -2.30. The topological polar surface area (TPSA) is 76.0 Å². The Labute approximate surface area is 104 Å². The third-order valence-corrected chi connectivity index (χ3v) is 2.30. The van der Waals surface area contributed by atoms with Gasteiger partial charge in [0.1, 0.15) is 17.7 Å². The van der Waals surface area contributed by atoms with Gasteiger partial charge < -0.3 is 19.7 Å². The van der Waals surface area contributed by atoms with Crippen LogP contribution in [0.3, 0.4) is 0 Å². The molecule has 0 bridgehead atoms. The third-order valence-electron chi connectivity index (χ3n) is 2.30. The maximum Gasteiger partial charge on any atom is 0.338 e. The quantitative estimate of drug-likeness (QED) is 0.764. The predicted octanol–water partition coefficient (Wildman–Crippen LogP) is 0.792. The Morgan fingerprint density at radius 2 is 2.06 bits per heavy atom. The van der Waals surface area contributed by atoms with Gasteiger partial charge in [-0.3, -0.25) is 0 Å². The molecule has 0 aliphatic rings. The first-order valence-corrected chi connectivity index (χ1v) is 5.36. The number of aliphatic hydroxyl groups excluding tert-OH is 2. The van der Waals surface area contributed by atoms with E-state index in [-0.39, 0.29) is 17.9 Å². The van der Waals surface area contributed by atoms with Gasteiger partial charge in [0.15, 0.2) is 6.10 Å². The molecule has 1 aromatic rings. The molecule has 18 heavy (non-hydrogen) atoms. The van der Waals surface area contributed by atoms with Crippen molar-refractivity contribution in [2.45, 2.75) is 19.1 Å². The van der Waals surface area contributed by atoms with E-state index in [0.717, 1.165) is 12.1 Å². The average molecular weight is 258 g/mol. The number of benzene rings is 1. The fourth-order valence-electron chi connectivity index (χ4n) is 1.41. The molecule has 0 aliphatic carbocycles. The highest BCUT2D eigenvalue weighted by Gasteiger charge is 2.27.